The van der Waals surface area contributed by atoms with Crippen molar-refractivity contribution in [2.24, 2.45) is 0 Å². The normalized spacial score (nSPS) is 30.7. The Kier molecular flexibility index (Phi) is 8.96. The molecule has 192 valence electrons. The number of ether oxygens (including phenoxy) is 1. The van der Waals surface area contributed by atoms with Crippen LogP contribution in [-0.4, -0.2) is 118 Å². The van der Waals surface area contributed by atoms with Crippen LogP contribution in [0.2, 0.25) is 0 Å². The van der Waals surface area contributed by atoms with E-state index in [0.717, 1.165) is 6.08 Å². The molecule has 2 aliphatic rings. The van der Waals surface area contributed by atoms with Gasteiger partial charge in [0.15, 0.2) is 18.2 Å². The van der Waals surface area contributed by atoms with E-state index in [4.69, 9.17) is 30.6 Å². The second kappa shape index (κ2) is 11.1. The molecule has 6 atom stereocenters. The van der Waals surface area contributed by atoms with E-state index in [0.29, 0.717) is 5.56 Å². The zero-order valence-corrected chi connectivity index (χ0v) is 17.7. The molecule has 1 aromatic carbocycles. The van der Waals surface area contributed by atoms with E-state index in [9.17, 15) is 34.8 Å². The van der Waals surface area contributed by atoms with Gasteiger partial charge in [0.25, 0.3) is 5.79 Å². The first-order chi connectivity index (χ1) is 16.2. The molecule has 3 rings (SSSR count). The van der Waals surface area contributed by atoms with Crippen molar-refractivity contribution < 1.29 is 70.2 Å². The molecule has 1 aliphatic carbocycles. The number of aliphatic hydroxyl groups is 9. The summed E-state index contributed by atoms with van der Waals surface area (Å²) in [5.74, 6) is -9.39. The first kappa shape index (κ1) is 28.2. The highest BCUT2D eigenvalue weighted by molar-refractivity contribution is 6.34. The van der Waals surface area contributed by atoms with Crippen LogP contribution in [-0.2, 0) is 19.1 Å². The van der Waals surface area contributed by atoms with Crippen LogP contribution in [0.15, 0.2) is 41.7 Å². The maximum atomic E-state index is 12.0. The zero-order chi connectivity index (χ0) is 26.7. The molecule has 1 aliphatic heterocycles. The molecule has 14 nitrogen and oxygen atoms in total. The van der Waals surface area contributed by atoms with Crippen LogP contribution >= 0.6 is 0 Å². The number of ketones is 3. The lowest BCUT2D eigenvalue weighted by molar-refractivity contribution is -0.286. The van der Waals surface area contributed by atoms with Crippen molar-refractivity contribution in [2.75, 3.05) is 6.61 Å². The molecule has 1 saturated heterocycles. The molecule has 1 aromatic rings. The number of Topliss-reactive ketones (excluding diaryl/α,β-unsaturated/α-hetero) is 2. The molecule has 0 bridgehead atoms. The SMILES string of the molecule is O=C(/C=C/c1ccc(O)cc1)C1=C(O)C(O)C(=O)C(O)(O)C1=O.OC[C@H]1O[C@@H](O)[C@H](O)[C@@H](O)[C@@H]1O. The molecular formula is C21H24O14. The molecule has 14 heteroatoms. The number of hydrogen-bond donors (Lipinski definition) is 10. The molecule has 0 aromatic heterocycles. The van der Waals surface area contributed by atoms with Gasteiger partial charge < -0.3 is 55.8 Å². The first-order valence-corrected chi connectivity index (χ1v) is 9.89. The van der Waals surface area contributed by atoms with E-state index >= 15 is 0 Å². The Morgan fingerprint density at radius 3 is 2.06 bits per heavy atom. The predicted molar refractivity (Wildman–Crippen MR) is 111 cm³/mol. The van der Waals surface area contributed by atoms with Gasteiger partial charge in [-0.15, -0.1) is 0 Å². The summed E-state index contributed by atoms with van der Waals surface area (Å²) in [6.45, 7) is -0.526. The van der Waals surface area contributed by atoms with Crippen molar-refractivity contribution >= 4 is 23.4 Å². The van der Waals surface area contributed by atoms with Crippen LogP contribution in [0.1, 0.15) is 5.56 Å². The van der Waals surface area contributed by atoms with Gasteiger partial charge in [0.2, 0.25) is 11.6 Å². The smallest absolute Gasteiger partial charge is 0.293 e. The quantitative estimate of drug-likeness (QED) is 0.0813. The highest BCUT2D eigenvalue weighted by Crippen LogP contribution is 2.26. The van der Waals surface area contributed by atoms with Crippen molar-refractivity contribution in [1.82, 2.24) is 0 Å². The molecule has 1 fully saturated rings. The Balaban J connectivity index is 0.000000303. The number of allylic oxidation sites excluding steroid dienone is 1. The molecule has 10 N–H and O–H groups in total. The molecule has 0 radical (unpaired) electrons. The van der Waals surface area contributed by atoms with Crippen LogP contribution in [0.3, 0.4) is 0 Å². The molecule has 1 heterocycles. The average molecular weight is 500 g/mol. The Bertz CT molecular complexity index is 1010. The third-order valence-corrected chi connectivity index (χ3v) is 5.08. The lowest BCUT2D eigenvalue weighted by atomic mass is 9.85. The van der Waals surface area contributed by atoms with Gasteiger partial charge in [-0.25, -0.2) is 0 Å². The van der Waals surface area contributed by atoms with Crippen LogP contribution in [0.4, 0.5) is 0 Å². The van der Waals surface area contributed by atoms with Crippen LogP contribution in [0.5, 0.6) is 5.75 Å². The molecule has 0 spiro atoms. The minimum atomic E-state index is -3.58. The van der Waals surface area contributed by atoms with Gasteiger partial charge in [0.05, 0.1) is 6.61 Å². The lowest BCUT2D eigenvalue weighted by Crippen LogP contribution is -2.58. The van der Waals surface area contributed by atoms with E-state index in [1.54, 1.807) is 0 Å². The van der Waals surface area contributed by atoms with E-state index in [1.165, 1.54) is 30.3 Å². The van der Waals surface area contributed by atoms with Crippen molar-refractivity contribution in [2.45, 2.75) is 42.6 Å². The van der Waals surface area contributed by atoms with E-state index in [-0.39, 0.29) is 5.75 Å². The molecule has 0 amide bonds. The van der Waals surface area contributed by atoms with Gasteiger partial charge in [-0.3, -0.25) is 14.4 Å². The maximum absolute atomic E-state index is 12.0. The zero-order valence-electron chi connectivity index (χ0n) is 17.7. The lowest BCUT2D eigenvalue weighted by Gasteiger charge is -2.37. The Morgan fingerprint density at radius 2 is 1.51 bits per heavy atom. The number of aromatic hydroxyl groups is 1. The standard InChI is InChI=1S/C15H12O8.C6H12O6/c16-8-4-1-7(2-5-8)3-6-9(17)10-11(18)12(19)14(21)15(22,23)13(10)20;7-1-2-3(8)4(9)5(10)6(11)12-2/h1-6,12,16,18-19,22-23H;2-11H,1H2/b6-3+;/t;2-,3-,4+,5-,6-/m.1/s1. The Labute approximate surface area is 196 Å². The second-order valence-corrected chi connectivity index (χ2v) is 7.54. The second-order valence-electron chi connectivity index (χ2n) is 7.54. The number of rotatable bonds is 4. The van der Waals surface area contributed by atoms with Crippen LogP contribution in [0.25, 0.3) is 6.08 Å². The number of phenols is 1. The Morgan fingerprint density at radius 1 is 0.943 bits per heavy atom. The number of hydrogen-bond acceptors (Lipinski definition) is 14. The van der Waals surface area contributed by atoms with Gasteiger partial charge in [-0.05, 0) is 23.8 Å². The summed E-state index contributed by atoms with van der Waals surface area (Å²) in [7, 11) is 0. The van der Waals surface area contributed by atoms with Crippen molar-refractivity contribution in [3.63, 3.8) is 0 Å². The number of carbonyl (C=O) groups excluding carboxylic acids is 3. The molecule has 1 unspecified atom stereocenters. The number of carbonyl (C=O) groups is 3. The average Bonchev–Trinajstić information content (AvgIpc) is 2.83. The number of benzene rings is 1. The van der Waals surface area contributed by atoms with E-state index < -0.39 is 77.9 Å². The van der Waals surface area contributed by atoms with Gasteiger partial charge >= 0.3 is 0 Å². The van der Waals surface area contributed by atoms with Gasteiger partial charge in [-0.2, -0.15) is 0 Å². The largest absolute Gasteiger partial charge is 0.508 e. The number of phenolic OH excluding ortho intramolecular Hbond substituents is 1. The fourth-order valence-electron chi connectivity index (χ4n) is 3.01. The fourth-order valence-corrected chi connectivity index (χ4v) is 3.01. The van der Waals surface area contributed by atoms with E-state index in [2.05, 4.69) is 4.74 Å². The van der Waals surface area contributed by atoms with Gasteiger partial charge in [0, 0.05) is 0 Å². The van der Waals surface area contributed by atoms with E-state index in [1.807, 2.05) is 0 Å². The first-order valence-electron chi connectivity index (χ1n) is 9.89. The minimum Gasteiger partial charge on any atom is -0.508 e. The molecule has 0 saturated carbocycles. The third kappa shape index (κ3) is 5.96. The topological polar surface area (TPSA) is 263 Å². The van der Waals surface area contributed by atoms with Crippen molar-refractivity contribution in [3.8, 4) is 5.75 Å². The summed E-state index contributed by atoms with van der Waals surface area (Å²) in [5.41, 5.74) is -0.618. The summed E-state index contributed by atoms with van der Waals surface area (Å²) in [6.07, 6.45) is -7.35. The summed E-state index contributed by atoms with van der Waals surface area (Å²) in [4.78, 5) is 35.1. The number of aliphatic hydroxyl groups excluding tert-OH is 7. The highest BCUT2D eigenvalue weighted by atomic mass is 16.6. The highest BCUT2D eigenvalue weighted by Gasteiger charge is 2.54. The molecule has 35 heavy (non-hydrogen) atoms. The van der Waals surface area contributed by atoms with Crippen molar-refractivity contribution in [1.29, 1.82) is 0 Å². The summed E-state index contributed by atoms with van der Waals surface area (Å²) in [5, 5.41) is 91.5. The maximum Gasteiger partial charge on any atom is 0.293 e. The van der Waals surface area contributed by atoms with Gasteiger partial charge in [-0.1, -0.05) is 18.2 Å². The third-order valence-electron chi connectivity index (χ3n) is 5.08. The monoisotopic (exact) mass is 500 g/mol. The van der Waals surface area contributed by atoms with Crippen molar-refractivity contribution in [3.05, 3.63) is 47.2 Å². The van der Waals surface area contributed by atoms with Crippen LogP contribution < -0.4 is 0 Å². The van der Waals surface area contributed by atoms with Gasteiger partial charge in [0.1, 0.15) is 41.5 Å². The summed E-state index contributed by atoms with van der Waals surface area (Å²) in [6, 6.07) is 5.61. The Hall–Kier alpha value is -3.05. The summed E-state index contributed by atoms with van der Waals surface area (Å²) >= 11 is 0. The molecular weight excluding hydrogens is 476 g/mol. The fraction of sp³-hybridized carbons (Fsp3) is 0.381. The van der Waals surface area contributed by atoms with Crippen LogP contribution in [0, 0.1) is 0 Å². The summed E-state index contributed by atoms with van der Waals surface area (Å²) < 4.78 is 4.58. The minimum absolute atomic E-state index is 0.00302. The predicted octanol–water partition coefficient (Wildman–Crippen LogP) is -4.24.